The van der Waals surface area contributed by atoms with Gasteiger partial charge in [0.1, 0.15) is 12.6 Å². The molecule has 1 heterocycles. The van der Waals surface area contributed by atoms with E-state index in [0.717, 1.165) is 41.7 Å². The first-order chi connectivity index (χ1) is 9.90. The van der Waals surface area contributed by atoms with Crippen molar-refractivity contribution >= 4 is 34.1 Å². The van der Waals surface area contributed by atoms with Crippen LogP contribution in [0.4, 0.5) is 5.69 Å². The molecular weight excluding hydrogens is 305 g/mol. The van der Waals surface area contributed by atoms with Crippen LogP contribution in [0.5, 0.6) is 0 Å². The number of hydrogen-bond acceptors (Lipinski definition) is 2. The summed E-state index contributed by atoms with van der Waals surface area (Å²) < 4.78 is 2.17. The monoisotopic (exact) mass is 328 g/mol. The molecular formula is C16H24Cl2N3+. The highest BCUT2D eigenvalue weighted by Gasteiger charge is 2.39. The van der Waals surface area contributed by atoms with Gasteiger partial charge in [0.05, 0.1) is 0 Å². The predicted molar refractivity (Wildman–Crippen MR) is 90.6 cm³/mol. The van der Waals surface area contributed by atoms with Gasteiger partial charge in [-0.15, -0.1) is 0 Å². The molecule has 0 bridgehead atoms. The van der Waals surface area contributed by atoms with Crippen molar-refractivity contribution in [1.29, 1.82) is 0 Å². The van der Waals surface area contributed by atoms with Crippen LogP contribution >= 0.6 is 23.2 Å². The maximum absolute atomic E-state index is 6.72. The number of halogens is 2. The Morgan fingerprint density at radius 2 is 2.10 bits per heavy atom. The molecule has 2 rings (SSSR count). The van der Waals surface area contributed by atoms with Gasteiger partial charge in [-0.2, -0.15) is 4.58 Å². The summed E-state index contributed by atoms with van der Waals surface area (Å²) in [7, 11) is 0. The lowest BCUT2D eigenvalue weighted by molar-refractivity contribution is -0.441. The Bertz CT molecular complexity index is 552. The fourth-order valence-corrected chi connectivity index (χ4v) is 3.69. The Labute approximate surface area is 137 Å². The van der Waals surface area contributed by atoms with Gasteiger partial charge >= 0.3 is 0 Å². The van der Waals surface area contributed by atoms with E-state index in [2.05, 4.69) is 42.9 Å². The first-order valence-electron chi connectivity index (χ1n) is 7.45. The molecule has 1 aliphatic rings. The molecule has 5 heteroatoms. The Hall–Kier alpha value is -0.610. The minimum absolute atomic E-state index is 0.0299. The molecule has 1 aromatic carbocycles. The van der Waals surface area contributed by atoms with Gasteiger partial charge in [0, 0.05) is 23.1 Å². The molecule has 0 saturated carbocycles. The van der Waals surface area contributed by atoms with E-state index in [4.69, 9.17) is 29.0 Å². The molecule has 0 radical (unpaired) electrons. The standard InChI is InChI=1S/C16H24Cl2N3/c1-4-9-21-13-6-5-12(17)10-11(13)7-8-16(2,3)14(20-19)15(21)18/h5-6,10,14,20H,4,7-9,19H2,1-3H3/q+1. The largest absolute Gasteiger partial charge is 0.271 e. The molecule has 1 aliphatic heterocycles. The van der Waals surface area contributed by atoms with Crippen LogP contribution in [0, 0.1) is 5.41 Å². The maximum atomic E-state index is 6.72. The van der Waals surface area contributed by atoms with Crippen LogP contribution in [-0.4, -0.2) is 22.3 Å². The fraction of sp³-hybridized carbons (Fsp3) is 0.562. The smallest absolute Gasteiger partial charge is 0.270 e. The number of hydrazine groups is 1. The zero-order chi connectivity index (χ0) is 15.6. The number of rotatable bonds is 3. The summed E-state index contributed by atoms with van der Waals surface area (Å²) in [5.74, 6) is 5.79. The van der Waals surface area contributed by atoms with Crippen molar-refractivity contribution in [2.75, 3.05) is 6.54 Å². The second-order valence-electron chi connectivity index (χ2n) is 6.34. The minimum Gasteiger partial charge on any atom is -0.271 e. The van der Waals surface area contributed by atoms with Gasteiger partial charge in [-0.05, 0) is 42.0 Å². The predicted octanol–water partition coefficient (Wildman–Crippen LogP) is 3.84. The Morgan fingerprint density at radius 1 is 1.38 bits per heavy atom. The highest BCUT2D eigenvalue weighted by Crippen LogP contribution is 2.35. The van der Waals surface area contributed by atoms with Gasteiger partial charge in [-0.25, -0.2) is 5.43 Å². The average Bonchev–Trinajstić information content (AvgIpc) is 2.43. The van der Waals surface area contributed by atoms with E-state index in [-0.39, 0.29) is 11.5 Å². The van der Waals surface area contributed by atoms with Crippen LogP contribution in [0.1, 0.15) is 39.2 Å². The molecule has 21 heavy (non-hydrogen) atoms. The van der Waals surface area contributed by atoms with Crippen LogP contribution in [0.15, 0.2) is 18.2 Å². The minimum atomic E-state index is -0.0606. The topological polar surface area (TPSA) is 41.1 Å². The zero-order valence-electron chi connectivity index (χ0n) is 12.9. The van der Waals surface area contributed by atoms with Crippen LogP contribution in [0.25, 0.3) is 0 Å². The normalized spacial score (nSPS) is 21.7. The molecule has 1 aromatic rings. The summed E-state index contributed by atoms with van der Waals surface area (Å²) in [5, 5.41) is 1.53. The van der Waals surface area contributed by atoms with Crippen LogP contribution in [-0.2, 0) is 6.42 Å². The molecule has 1 unspecified atom stereocenters. The quantitative estimate of drug-likeness (QED) is 0.503. The van der Waals surface area contributed by atoms with Crippen molar-refractivity contribution in [3.63, 3.8) is 0 Å². The van der Waals surface area contributed by atoms with E-state index in [9.17, 15) is 0 Å². The lowest BCUT2D eigenvalue weighted by atomic mass is 9.78. The second-order valence-corrected chi connectivity index (χ2v) is 7.16. The van der Waals surface area contributed by atoms with E-state index in [1.54, 1.807) is 0 Å². The van der Waals surface area contributed by atoms with Crippen molar-refractivity contribution in [2.24, 2.45) is 11.3 Å². The summed E-state index contributed by atoms with van der Waals surface area (Å²) in [6.07, 6.45) is 2.97. The SMILES string of the molecule is CCC[N+]1=C(Cl)C(NN)C(C)(C)CCc2cc(Cl)ccc21. The molecule has 0 spiro atoms. The van der Waals surface area contributed by atoms with E-state index in [1.165, 1.54) is 5.56 Å². The Balaban J connectivity index is 2.64. The summed E-state index contributed by atoms with van der Waals surface area (Å²) in [6, 6.07) is 5.97. The van der Waals surface area contributed by atoms with Gasteiger partial charge in [0.2, 0.25) is 5.69 Å². The summed E-state index contributed by atoms with van der Waals surface area (Å²) >= 11 is 12.9. The zero-order valence-corrected chi connectivity index (χ0v) is 14.4. The summed E-state index contributed by atoms with van der Waals surface area (Å²) in [4.78, 5) is 0. The third-order valence-electron chi connectivity index (χ3n) is 4.26. The molecule has 1 atom stereocenters. The molecule has 0 saturated heterocycles. The molecule has 0 aliphatic carbocycles. The van der Waals surface area contributed by atoms with E-state index in [0.29, 0.717) is 0 Å². The number of aryl methyl sites for hydroxylation is 1. The van der Waals surface area contributed by atoms with Crippen molar-refractivity contribution in [3.8, 4) is 0 Å². The summed E-state index contributed by atoms with van der Waals surface area (Å²) in [5.41, 5.74) is 5.26. The first-order valence-corrected chi connectivity index (χ1v) is 8.20. The number of nitrogens with one attached hydrogen (secondary N) is 1. The maximum Gasteiger partial charge on any atom is 0.270 e. The Morgan fingerprint density at radius 3 is 2.71 bits per heavy atom. The fourth-order valence-electron chi connectivity index (χ4n) is 2.96. The average molecular weight is 329 g/mol. The number of fused-ring (bicyclic) bond motifs is 1. The molecule has 0 aromatic heterocycles. The number of benzene rings is 1. The van der Waals surface area contributed by atoms with E-state index in [1.807, 2.05) is 6.07 Å². The van der Waals surface area contributed by atoms with Crippen molar-refractivity contribution in [3.05, 3.63) is 28.8 Å². The van der Waals surface area contributed by atoms with Crippen molar-refractivity contribution < 1.29 is 4.58 Å². The van der Waals surface area contributed by atoms with Gasteiger partial charge in [-0.3, -0.25) is 5.84 Å². The first kappa shape index (κ1) is 16.8. The van der Waals surface area contributed by atoms with Crippen molar-refractivity contribution in [1.82, 2.24) is 5.43 Å². The number of hydrogen-bond donors (Lipinski definition) is 2. The van der Waals surface area contributed by atoms with Gasteiger partial charge in [0.25, 0.3) is 5.17 Å². The third kappa shape index (κ3) is 3.42. The van der Waals surface area contributed by atoms with Crippen LogP contribution in [0.2, 0.25) is 5.02 Å². The molecule has 3 N–H and O–H groups in total. The lowest BCUT2D eigenvalue weighted by Gasteiger charge is -2.33. The van der Waals surface area contributed by atoms with Gasteiger partial charge in [-0.1, -0.05) is 32.4 Å². The third-order valence-corrected chi connectivity index (χ3v) is 4.92. The van der Waals surface area contributed by atoms with E-state index >= 15 is 0 Å². The Kier molecular flexibility index (Phi) is 5.31. The molecule has 3 nitrogen and oxygen atoms in total. The highest BCUT2D eigenvalue weighted by molar-refractivity contribution is 6.65. The summed E-state index contributed by atoms with van der Waals surface area (Å²) in [6.45, 7) is 7.40. The number of nitrogens with two attached hydrogens (primary N) is 1. The van der Waals surface area contributed by atoms with E-state index < -0.39 is 0 Å². The molecule has 0 amide bonds. The second kappa shape index (κ2) is 6.66. The van der Waals surface area contributed by atoms with Crippen LogP contribution < -0.4 is 11.3 Å². The lowest BCUT2D eigenvalue weighted by Crippen LogP contribution is -2.52. The van der Waals surface area contributed by atoms with Crippen molar-refractivity contribution in [2.45, 2.75) is 46.1 Å². The van der Waals surface area contributed by atoms with Gasteiger partial charge in [0.15, 0.2) is 0 Å². The highest BCUT2D eigenvalue weighted by atomic mass is 35.5. The molecule has 116 valence electrons. The van der Waals surface area contributed by atoms with Crippen LogP contribution in [0.3, 0.4) is 0 Å². The number of nitrogens with zero attached hydrogens (tertiary/aromatic N) is 1. The van der Waals surface area contributed by atoms with Gasteiger partial charge < -0.3 is 0 Å². The molecule has 0 fully saturated rings.